The van der Waals surface area contributed by atoms with E-state index in [9.17, 15) is 0 Å². The molecule has 0 radical (unpaired) electrons. The van der Waals surface area contributed by atoms with E-state index in [4.69, 9.17) is 10.2 Å². The maximum Gasteiger partial charge on any atom is 0.173 e. The van der Waals surface area contributed by atoms with Gasteiger partial charge in [-0.15, -0.1) is 0 Å². The maximum atomic E-state index is 5.54. The molecule has 2 heterocycles. The van der Waals surface area contributed by atoms with Crippen molar-refractivity contribution in [2.75, 3.05) is 0 Å². The van der Waals surface area contributed by atoms with Gasteiger partial charge in [0.1, 0.15) is 5.76 Å². The molecule has 4 nitrogen and oxygen atoms in total. The topological polar surface area (TPSA) is 67.8 Å². The van der Waals surface area contributed by atoms with Crippen LogP contribution in [0.2, 0.25) is 0 Å². The molecule has 0 saturated heterocycles. The van der Waals surface area contributed by atoms with Crippen LogP contribution in [0.4, 0.5) is 0 Å². The highest BCUT2D eigenvalue weighted by atomic mass is 16.3. The average molecular weight is 191 g/mol. The Hall–Kier alpha value is -1.55. The summed E-state index contributed by atoms with van der Waals surface area (Å²) in [6.45, 7) is 2.52. The molecule has 0 fully saturated rings. The molecule has 0 aliphatic heterocycles. The number of rotatable bonds is 3. The van der Waals surface area contributed by atoms with E-state index in [2.05, 4.69) is 16.9 Å². The molecule has 0 saturated carbocycles. The van der Waals surface area contributed by atoms with Crippen molar-refractivity contribution in [2.24, 2.45) is 5.73 Å². The van der Waals surface area contributed by atoms with Gasteiger partial charge in [0.15, 0.2) is 11.6 Å². The quantitative estimate of drug-likeness (QED) is 0.775. The number of nitrogens with two attached hydrogens (primary N) is 1. The summed E-state index contributed by atoms with van der Waals surface area (Å²) >= 11 is 0. The largest absolute Gasteiger partial charge is 0.458 e. The third-order valence-corrected chi connectivity index (χ3v) is 2.09. The van der Waals surface area contributed by atoms with Gasteiger partial charge in [0.2, 0.25) is 0 Å². The molecule has 2 rings (SSSR count). The van der Waals surface area contributed by atoms with E-state index in [0.717, 1.165) is 29.5 Å². The zero-order valence-electron chi connectivity index (χ0n) is 8.08. The van der Waals surface area contributed by atoms with Gasteiger partial charge in [0.25, 0.3) is 0 Å². The van der Waals surface area contributed by atoms with Crippen molar-refractivity contribution in [1.82, 2.24) is 9.97 Å². The Morgan fingerprint density at radius 3 is 2.93 bits per heavy atom. The third kappa shape index (κ3) is 1.56. The minimum absolute atomic E-state index is 0.467. The molecular weight excluding hydrogens is 178 g/mol. The van der Waals surface area contributed by atoms with Gasteiger partial charge in [-0.2, -0.15) is 0 Å². The highest BCUT2D eigenvalue weighted by Crippen LogP contribution is 2.19. The highest BCUT2D eigenvalue weighted by molar-refractivity contribution is 5.47. The summed E-state index contributed by atoms with van der Waals surface area (Å²) < 4.78 is 5.54. The fraction of sp³-hybridized carbons (Fsp3) is 0.300. The molecule has 14 heavy (non-hydrogen) atoms. The fourth-order valence-electron chi connectivity index (χ4n) is 1.28. The average Bonchev–Trinajstić information content (AvgIpc) is 2.86. The molecule has 0 spiro atoms. The molecule has 74 valence electrons. The lowest BCUT2D eigenvalue weighted by Crippen LogP contribution is -1.95. The first-order valence-corrected chi connectivity index (χ1v) is 4.66. The van der Waals surface area contributed by atoms with Crippen molar-refractivity contribution in [1.29, 1.82) is 0 Å². The lowest BCUT2D eigenvalue weighted by molar-refractivity contribution is 0.526. The molecule has 0 aliphatic carbocycles. The summed E-state index contributed by atoms with van der Waals surface area (Å²) in [6, 6.07) is 3.87. The van der Waals surface area contributed by atoms with Gasteiger partial charge in [-0.05, 0) is 12.1 Å². The van der Waals surface area contributed by atoms with Crippen LogP contribution in [0.3, 0.4) is 0 Å². The molecule has 0 aromatic carbocycles. The maximum absolute atomic E-state index is 5.54. The number of furan rings is 1. The minimum Gasteiger partial charge on any atom is -0.458 e. The predicted octanol–water partition coefficient (Wildman–Crippen LogP) is 1.69. The standard InChI is InChI=1S/C10H13N3O/c1-2-8-3-4-9(14-8)10-12-6-7(5-11)13-10/h3-4,6H,2,5,11H2,1H3,(H,12,13). The molecule has 0 amide bonds. The van der Waals surface area contributed by atoms with Crippen molar-refractivity contribution in [3.8, 4) is 11.6 Å². The van der Waals surface area contributed by atoms with Gasteiger partial charge in [0, 0.05) is 18.7 Å². The van der Waals surface area contributed by atoms with Crippen molar-refractivity contribution >= 4 is 0 Å². The second-order valence-corrected chi connectivity index (χ2v) is 3.08. The number of nitrogens with zero attached hydrogens (tertiary/aromatic N) is 1. The molecule has 0 unspecified atom stereocenters. The van der Waals surface area contributed by atoms with Gasteiger partial charge >= 0.3 is 0 Å². The molecule has 2 aromatic rings. The summed E-state index contributed by atoms with van der Waals surface area (Å²) in [4.78, 5) is 7.26. The van der Waals surface area contributed by atoms with Crippen molar-refractivity contribution in [3.63, 3.8) is 0 Å². The van der Waals surface area contributed by atoms with Crippen LogP contribution in [0.1, 0.15) is 18.4 Å². The molecule has 2 aromatic heterocycles. The summed E-state index contributed by atoms with van der Waals surface area (Å²) in [6.07, 6.45) is 2.62. The van der Waals surface area contributed by atoms with E-state index in [1.54, 1.807) is 6.20 Å². The van der Waals surface area contributed by atoms with Gasteiger partial charge in [0.05, 0.1) is 6.20 Å². The molecule has 0 aliphatic rings. The number of hydrogen-bond acceptors (Lipinski definition) is 3. The van der Waals surface area contributed by atoms with Crippen LogP contribution in [0.5, 0.6) is 0 Å². The van der Waals surface area contributed by atoms with E-state index in [0.29, 0.717) is 6.54 Å². The third-order valence-electron chi connectivity index (χ3n) is 2.09. The van der Waals surface area contributed by atoms with Gasteiger partial charge in [-0.3, -0.25) is 0 Å². The van der Waals surface area contributed by atoms with Crippen LogP contribution < -0.4 is 5.73 Å². The number of hydrogen-bond donors (Lipinski definition) is 2. The zero-order valence-corrected chi connectivity index (χ0v) is 8.08. The minimum atomic E-state index is 0.467. The Balaban J connectivity index is 2.29. The number of aromatic amines is 1. The first kappa shape index (κ1) is 9.02. The summed E-state index contributed by atoms with van der Waals surface area (Å²) in [5, 5.41) is 0. The lowest BCUT2D eigenvalue weighted by Gasteiger charge is -1.90. The fourth-order valence-corrected chi connectivity index (χ4v) is 1.28. The van der Waals surface area contributed by atoms with Crippen LogP contribution in [-0.2, 0) is 13.0 Å². The Morgan fingerprint density at radius 2 is 2.36 bits per heavy atom. The van der Waals surface area contributed by atoms with E-state index < -0.39 is 0 Å². The predicted molar refractivity (Wildman–Crippen MR) is 53.6 cm³/mol. The Kier molecular flexibility index (Phi) is 2.37. The first-order valence-electron chi connectivity index (χ1n) is 4.66. The van der Waals surface area contributed by atoms with Crippen molar-refractivity contribution < 1.29 is 4.42 Å². The second-order valence-electron chi connectivity index (χ2n) is 3.08. The SMILES string of the molecule is CCc1ccc(-c2ncc(CN)[nH]2)o1. The van der Waals surface area contributed by atoms with E-state index in [1.807, 2.05) is 12.1 Å². The molecule has 3 N–H and O–H groups in total. The first-order chi connectivity index (χ1) is 6.83. The normalized spacial score (nSPS) is 10.7. The Morgan fingerprint density at radius 1 is 1.50 bits per heavy atom. The van der Waals surface area contributed by atoms with Crippen molar-refractivity contribution in [2.45, 2.75) is 19.9 Å². The second kappa shape index (κ2) is 3.67. The lowest BCUT2D eigenvalue weighted by atomic mass is 10.3. The zero-order chi connectivity index (χ0) is 9.97. The summed E-state index contributed by atoms with van der Waals surface area (Å²) in [5.41, 5.74) is 6.38. The van der Waals surface area contributed by atoms with E-state index in [-0.39, 0.29) is 0 Å². The molecular formula is C10H13N3O. The number of aryl methyl sites for hydroxylation is 1. The van der Waals surface area contributed by atoms with Crippen LogP contribution in [-0.4, -0.2) is 9.97 Å². The number of H-pyrrole nitrogens is 1. The molecule has 4 heteroatoms. The van der Waals surface area contributed by atoms with Crippen molar-refractivity contribution in [3.05, 3.63) is 29.8 Å². The van der Waals surface area contributed by atoms with Gasteiger partial charge in [-0.25, -0.2) is 4.98 Å². The van der Waals surface area contributed by atoms with Crippen LogP contribution in [0.15, 0.2) is 22.7 Å². The summed E-state index contributed by atoms with van der Waals surface area (Å²) in [7, 11) is 0. The molecule has 0 bridgehead atoms. The van der Waals surface area contributed by atoms with Crippen LogP contribution in [0.25, 0.3) is 11.6 Å². The Labute approximate surface area is 82.1 Å². The number of imidazole rings is 1. The number of nitrogens with one attached hydrogen (secondary N) is 1. The van der Waals surface area contributed by atoms with E-state index >= 15 is 0 Å². The molecule has 0 atom stereocenters. The van der Waals surface area contributed by atoms with Gasteiger partial charge in [-0.1, -0.05) is 6.92 Å². The number of aromatic nitrogens is 2. The summed E-state index contributed by atoms with van der Waals surface area (Å²) in [5.74, 6) is 2.47. The monoisotopic (exact) mass is 191 g/mol. The van der Waals surface area contributed by atoms with Crippen LogP contribution >= 0.6 is 0 Å². The van der Waals surface area contributed by atoms with E-state index in [1.165, 1.54) is 0 Å². The van der Waals surface area contributed by atoms with Crippen LogP contribution in [0, 0.1) is 0 Å². The smallest absolute Gasteiger partial charge is 0.173 e. The van der Waals surface area contributed by atoms with Gasteiger partial charge < -0.3 is 15.1 Å². The highest BCUT2D eigenvalue weighted by Gasteiger charge is 2.06. The Bertz CT molecular complexity index is 376.